The molecule has 0 atom stereocenters. The maximum atomic E-state index is 2.58. The lowest BCUT2D eigenvalue weighted by atomic mass is 9.78. The van der Waals surface area contributed by atoms with Crippen molar-refractivity contribution in [3.8, 4) is 33.4 Å². The van der Waals surface area contributed by atoms with Gasteiger partial charge in [0.25, 0.3) is 0 Å². The predicted octanol–water partition coefficient (Wildman–Crippen LogP) is 17.6. The van der Waals surface area contributed by atoms with Crippen molar-refractivity contribution in [3.63, 3.8) is 0 Å². The van der Waals surface area contributed by atoms with Crippen molar-refractivity contribution in [2.24, 2.45) is 0 Å². The van der Waals surface area contributed by atoms with Crippen LogP contribution < -0.4 is 4.90 Å². The molecule has 0 amide bonds. The average molecular weight is 798 g/mol. The Morgan fingerprint density at radius 3 is 1.62 bits per heavy atom. The first-order chi connectivity index (χ1) is 28.7. The van der Waals surface area contributed by atoms with E-state index in [9.17, 15) is 0 Å². The number of rotatable bonds is 6. The molecule has 9 aromatic rings. The number of nitrogens with zero attached hydrogens (tertiary/aromatic N) is 1. The third-order valence-corrected chi connectivity index (χ3v) is 13.3. The van der Waals surface area contributed by atoms with Gasteiger partial charge >= 0.3 is 0 Å². The summed E-state index contributed by atoms with van der Waals surface area (Å²) in [5.74, 6) is 0. The molecule has 0 aliphatic carbocycles. The maximum absolute atomic E-state index is 2.58. The minimum Gasteiger partial charge on any atom is -0.309 e. The van der Waals surface area contributed by atoms with Gasteiger partial charge in [-0.15, -0.1) is 11.3 Å². The van der Waals surface area contributed by atoms with Gasteiger partial charge in [-0.1, -0.05) is 202 Å². The molecular formula is C58H55NS. The zero-order chi connectivity index (χ0) is 42.0. The fourth-order valence-electron chi connectivity index (χ4n) is 8.73. The monoisotopic (exact) mass is 797 g/mol. The van der Waals surface area contributed by atoms with Crippen LogP contribution in [0.3, 0.4) is 0 Å². The second-order valence-corrected chi connectivity index (χ2v) is 20.5. The van der Waals surface area contributed by atoms with Crippen LogP contribution in [0.4, 0.5) is 17.1 Å². The van der Waals surface area contributed by atoms with E-state index in [1.807, 2.05) is 11.3 Å². The van der Waals surface area contributed by atoms with Gasteiger partial charge in [0, 0.05) is 31.3 Å². The second kappa shape index (κ2) is 14.9. The average Bonchev–Trinajstić information content (AvgIpc) is 3.62. The summed E-state index contributed by atoms with van der Waals surface area (Å²) >= 11 is 1.87. The van der Waals surface area contributed by atoms with E-state index in [1.165, 1.54) is 86.7 Å². The van der Waals surface area contributed by atoms with E-state index < -0.39 is 0 Å². The summed E-state index contributed by atoms with van der Waals surface area (Å²) in [6, 6.07) is 63.8. The highest BCUT2D eigenvalue weighted by Gasteiger charge is 2.27. The molecule has 9 rings (SSSR count). The van der Waals surface area contributed by atoms with Crippen LogP contribution in [-0.4, -0.2) is 0 Å². The van der Waals surface area contributed by atoms with E-state index in [4.69, 9.17) is 0 Å². The molecule has 0 saturated carbocycles. The lowest BCUT2D eigenvalue weighted by Gasteiger charge is -2.32. The topological polar surface area (TPSA) is 3.24 Å². The van der Waals surface area contributed by atoms with Gasteiger partial charge in [-0.05, 0) is 96.3 Å². The van der Waals surface area contributed by atoms with Crippen molar-refractivity contribution in [3.05, 3.63) is 187 Å². The van der Waals surface area contributed by atoms with Crippen molar-refractivity contribution < 1.29 is 0 Å². The molecule has 0 aliphatic heterocycles. The molecule has 1 heterocycles. The normalized spacial score (nSPS) is 12.4. The molecular weight excluding hydrogens is 743 g/mol. The Bertz CT molecular complexity index is 3000. The van der Waals surface area contributed by atoms with Crippen LogP contribution in [0.25, 0.3) is 64.3 Å². The van der Waals surface area contributed by atoms with Crippen LogP contribution in [0.1, 0.15) is 79.0 Å². The Morgan fingerprint density at radius 2 is 0.917 bits per heavy atom. The van der Waals surface area contributed by atoms with Crippen LogP contribution in [-0.2, 0) is 16.2 Å². The fraction of sp³-hybridized carbons (Fsp3) is 0.207. The first kappa shape index (κ1) is 39.5. The molecule has 1 nitrogen and oxygen atoms in total. The van der Waals surface area contributed by atoms with Crippen molar-refractivity contribution >= 4 is 59.3 Å². The summed E-state index contributed by atoms with van der Waals surface area (Å²) < 4.78 is 2.58. The van der Waals surface area contributed by atoms with E-state index in [-0.39, 0.29) is 16.2 Å². The number of thiophene rings is 1. The number of para-hydroxylation sites is 1. The zero-order valence-electron chi connectivity index (χ0n) is 36.5. The second-order valence-electron chi connectivity index (χ2n) is 19.5. The Balaban J connectivity index is 1.39. The minimum absolute atomic E-state index is 0.00141. The lowest BCUT2D eigenvalue weighted by molar-refractivity contribution is 0.569. The van der Waals surface area contributed by atoms with Gasteiger partial charge in [0.1, 0.15) is 0 Å². The number of anilines is 3. The van der Waals surface area contributed by atoms with Crippen LogP contribution in [0.2, 0.25) is 0 Å². The first-order valence-electron chi connectivity index (χ1n) is 21.3. The summed E-state index contributed by atoms with van der Waals surface area (Å²) in [5, 5.41) is 5.06. The molecule has 60 heavy (non-hydrogen) atoms. The Labute approximate surface area is 361 Å². The molecule has 0 bridgehead atoms. The smallest absolute Gasteiger partial charge is 0.0555 e. The van der Waals surface area contributed by atoms with Gasteiger partial charge in [0.2, 0.25) is 0 Å². The lowest BCUT2D eigenvalue weighted by Crippen LogP contribution is -2.16. The number of hydrogen-bond acceptors (Lipinski definition) is 2. The SMILES string of the molecule is CC(C)(C)c1cc(-c2cccc3cccc(-c4ccccc4N(c4cc(C(C)(C)C)ccc4-c4ccccc4)c4cccc5sc6ccccc6c45)c23)cc(C(C)(C)C)c1. The van der Waals surface area contributed by atoms with E-state index in [0.717, 1.165) is 11.4 Å². The third kappa shape index (κ3) is 7.22. The van der Waals surface area contributed by atoms with Crippen molar-refractivity contribution in [2.75, 3.05) is 4.90 Å². The minimum atomic E-state index is -0.0612. The summed E-state index contributed by atoms with van der Waals surface area (Å²) in [6.07, 6.45) is 0. The highest BCUT2D eigenvalue weighted by atomic mass is 32.1. The molecule has 1 aromatic heterocycles. The fourth-order valence-corrected chi connectivity index (χ4v) is 9.85. The van der Waals surface area contributed by atoms with Crippen molar-refractivity contribution in [1.29, 1.82) is 0 Å². The third-order valence-electron chi connectivity index (χ3n) is 12.1. The summed E-state index contributed by atoms with van der Waals surface area (Å²) in [5.41, 5.74) is 14.7. The van der Waals surface area contributed by atoms with Crippen LogP contribution in [0.5, 0.6) is 0 Å². The Hall–Kier alpha value is -5.96. The van der Waals surface area contributed by atoms with Crippen molar-refractivity contribution in [2.45, 2.75) is 78.6 Å². The molecule has 8 aromatic carbocycles. The van der Waals surface area contributed by atoms with Gasteiger partial charge in [0.05, 0.1) is 17.1 Å². The van der Waals surface area contributed by atoms with Crippen LogP contribution in [0, 0.1) is 0 Å². The van der Waals surface area contributed by atoms with Crippen molar-refractivity contribution in [1.82, 2.24) is 0 Å². The molecule has 0 fully saturated rings. The Kier molecular flexibility index (Phi) is 9.84. The summed E-state index contributed by atoms with van der Waals surface area (Å²) in [4.78, 5) is 2.58. The van der Waals surface area contributed by atoms with E-state index in [0.29, 0.717) is 0 Å². The largest absolute Gasteiger partial charge is 0.309 e. The molecule has 298 valence electrons. The molecule has 0 radical (unpaired) electrons. The molecule has 0 spiro atoms. The number of fused-ring (bicyclic) bond motifs is 4. The van der Waals surface area contributed by atoms with Gasteiger partial charge in [-0.2, -0.15) is 0 Å². The summed E-state index contributed by atoms with van der Waals surface area (Å²) in [7, 11) is 0. The van der Waals surface area contributed by atoms with E-state index >= 15 is 0 Å². The van der Waals surface area contributed by atoms with Gasteiger partial charge in [-0.25, -0.2) is 0 Å². The standard InChI is InChI=1S/C58H55NS/c1-56(2,3)41-32-33-44(38-20-11-10-12-21-38)51(37-41)59(50-29-19-31-53-55(50)48-25-14-16-30-52(48)60-53)49-28-15-13-24-46(49)47-27-18-23-39-22-17-26-45(54(39)47)40-34-42(57(4,5)6)36-43(35-40)58(7,8)9/h10-37H,1-9H3. The van der Waals surface area contributed by atoms with Gasteiger partial charge in [0.15, 0.2) is 0 Å². The highest BCUT2D eigenvalue weighted by Crippen LogP contribution is 2.51. The molecule has 0 aliphatic rings. The van der Waals surface area contributed by atoms with Gasteiger partial charge < -0.3 is 4.90 Å². The van der Waals surface area contributed by atoms with E-state index in [2.05, 4.69) is 237 Å². The van der Waals surface area contributed by atoms with Crippen LogP contribution >= 0.6 is 11.3 Å². The van der Waals surface area contributed by atoms with E-state index in [1.54, 1.807) is 0 Å². The first-order valence-corrected chi connectivity index (χ1v) is 22.2. The number of benzene rings is 8. The molecule has 0 unspecified atom stereocenters. The quantitative estimate of drug-likeness (QED) is 0.162. The molecule has 0 saturated heterocycles. The molecule has 0 N–H and O–H groups in total. The predicted molar refractivity (Wildman–Crippen MR) is 264 cm³/mol. The summed E-state index contributed by atoms with van der Waals surface area (Å²) in [6.45, 7) is 20.9. The van der Waals surface area contributed by atoms with Crippen LogP contribution in [0.15, 0.2) is 170 Å². The zero-order valence-corrected chi connectivity index (χ0v) is 37.3. The Morgan fingerprint density at radius 1 is 0.350 bits per heavy atom. The molecule has 2 heteroatoms. The van der Waals surface area contributed by atoms with Gasteiger partial charge in [-0.3, -0.25) is 0 Å². The maximum Gasteiger partial charge on any atom is 0.0555 e. The highest BCUT2D eigenvalue weighted by molar-refractivity contribution is 7.26. The number of hydrogen-bond donors (Lipinski definition) is 0.